The molecule has 120 valence electrons. The third-order valence-corrected chi connectivity index (χ3v) is 6.24. The molecule has 0 saturated carbocycles. The predicted octanol–water partition coefficient (Wildman–Crippen LogP) is 1.87. The van der Waals surface area contributed by atoms with Gasteiger partial charge in [0.25, 0.3) is 0 Å². The summed E-state index contributed by atoms with van der Waals surface area (Å²) in [6.45, 7) is 0.308. The zero-order valence-corrected chi connectivity index (χ0v) is 15.6. The highest BCUT2D eigenvalue weighted by molar-refractivity contribution is 9.10. The summed E-state index contributed by atoms with van der Waals surface area (Å²) < 4.78 is 25.7. The minimum absolute atomic E-state index is 0.272. The monoisotopic (exact) mass is 423 g/mol. The molecule has 0 fully saturated rings. The number of nitrogens with two attached hydrogens (primary N) is 1. The zero-order valence-electron chi connectivity index (χ0n) is 11.6. The molecule has 0 aliphatic rings. The third kappa shape index (κ3) is 4.19. The van der Waals surface area contributed by atoms with E-state index in [1.54, 1.807) is 6.07 Å². The van der Waals surface area contributed by atoms with Crippen LogP contribution in [0.25, 0.3) is 10.2 Å². The Labute approximate surface area is 145 Å². The van der Waals surface area contributed by atoms with Crippen LogP contribution in [0.2, 0.25) is 0 Å². The molecule has 0 radical (unpaired) electrons. The first-order chi connectivity index (χ1) is 10.3. The van der Waals surface area contributed by atoms with E-state index < -0.39 is 21.0 Å². The fourth-order valence-electron chi connectivity index (χ4n) is 1.84. The van der Waals surface area contributed by atoms with E-state index in [1.807, 2.05) is 12.1 Å². The van der Waals surface area contributed by atoms with Crippen molar-refractivity contribution in [3.05, 3.63) is 27.7 Å². The fraction of sp³-hybridized carbons (Fsp3) is 0.333. The summed E-state index contributed by atoms with van der Waals surface area (Å²) >= 11 is 5.64. The van der Waals surface area contributed by atoms with Crippen LogP contribution in [0.3, 0.4) is 0 Å². The topological polar surface area (TPSA) is 102 Å². The van der Waals surface area contributed by atoms with Gasteiger partial charge in [-0.05, 0) is 18.2 Å². The minimum Gasteiger partial charge on any atom is -0.354 e. The van der Waals surface area contributed by atoms with E-state index >= 15 is 0 Å². The first kappa shape index (κ1) is 17.7. The van der Waals surface area contributed by atoms with Crippen LogP contribution in [0.15, 0.2) is 22.7 Å². The van der Waals surface area contributed by atoms with Gasteiger partial charge in [-0.1, -0.05) is 27.9 Å². The van der Waals surface area contributed by atoms with Gasteiger partial charge >= 0.3 is 0 Å². The number of thiazole rings is 1. The summed E-state index contributed by atoms with van der Waals surface area (Å²) in [6.07, 6.45) is 1.04. The lowest BCUT2D eigenvalue weighted by Crippen LogP contribution is -2.34. The van der Waals surface area contributed by atoms with Gasteiger partial charge in [0.15, 0.2) is 15.1 Å². The van der Waals surface area contributed by atoms with E-state index in [0.29, 0.717) is 17.8 Å². The van der Waals surface area contributed by atoms with Crippen LogP contribution in [-0.2, 0) is 14.6 Å². The molecule has 10 heteroatoms. The molecule has 2 aromatic rings. The van der Waals surface area contributed by atoms with Gasteiger partial charge < -0.3 is 5.32 Å². The van der Waals surface area contributed by atoms with Crippen LogP contribution in [0.4, 0.5) is 0 Å². The molecule has 6 nitrogen and oxygen atoms in total. The number of carbonyl (C=O) groups excluding carboxylic acids is 1. The van der Waals surface area contributed by atoms with Gasteiger partial charge in [-0.25, -0.2) is 13.4 Å². The molecule has 1 aromatic carbocycles. The van der Waals surface area contributed by atoms with Crippen molar-refractivity contribution in [1.82, 2.24) is 10.3 Å². The average molecular weight is 424 g/mol. The maximum absolute atomic E-state index is 12.2. The quantitative estimate of drug-likeness (QED) is 0.542. The van der Waals surface area contributed by atoms with E-state index in [-0.39, 0.29) is 5.01 Å². The fourth-order valence-corrected chi connectivity index (χ4v) is 5.12. The number of benzene rings is 1. The van der Waals surface area contributed by atoms with Crippen LogP contribution in [0.1, 0.15) is 10.3 Å². The lowest BCUT2D eigenvalue weighted by atomic mass is 10.3. The highest BCUT2D eigenvalue weighted by atomic mass is 79.9. The van der Waals surface area contributed by atoms with Gasteiger partial charge in [0.1, 0.15) is 5.01 Å². The molecule has 1 atom stereocenters. The first-order valence-corrected chi connectivity index (χ1v) is 10.8. The summed E-state index contributed by atoms with van der Waals surface area (Å²) in [4.78, 5) is 16.5. The highest BCUT2D eigenvalue weighted by Gasteiger charge is 2.33. The van der Waals surface area contributed by atoms with Crippen molar-refractivity contribution >= 4 is 65.2 Å². The molecule has 0 spiro atoms. The Morgan fingerprint density at radius 1 is 1.55 bits per heavy atom. The molecular formula is C12H14BrN3O3S3. The van der Waals surface area contributed by atoms with Crippen molar-refractivity contribution in [1.29, 1.82) is 0 Å². The SMILES string of the molecule is CS(=O)(=O)C(C(=O)NCCSN)c1nc2ccc(Br)cc2s1. The van der Waals surface area contributed by atoms with Gasteiger partial charge in [0, 0.05) is 23.0 Å². The highest BCUT2D eigenvalue weighted by Crippen LogP contribution is 2.32. The molecular weight excluding hydrogens is 410 g/mol. The maximum Gasteiger partial charge on any atom is 0.245 e. The summed E-state index contributed by atoms with van der Waals surface area (Å²) in [5.74, 6) is -0.0654. The Morgan fingerprint density at radius 2 is 2.27 bits per heavy atom. The van der Waals surface area contributed by atoms with E-state index in [1.165, 1.54) is 11.3 Å². The number of amides is 1. The van der Waals surface area contributed by atoms with Crippen LogP contribution in [-0.4, -0.2) is 37.9 Å². The number of hydrogen-bond donors (Lipinski definition) is 2. The Balaban J connectivity index is 2.37. The summed E-state index contributed by atoms with van der Waals surface area (Å²) in [6, 6.07) is 5.44. The Bertz CT molecular complexity index is 791. The molecule has 2 rings (SSSR count). The second kappa shape index (κ2) is 7.26. The summed E-state index contributed by atoms with van der Waals surface area (Å²) in [5, 5.41) is 6.84. The Kier molecular flexibility index (Phi) is 5.83. The van der Waals surface area contributed by atoms with Crippen LogP contribution in [0.5, 0.6) is 0 Å². The molecule has 1 heterocycles. The standard InChI is InChI=1S/C12H14BrN3O3S3/c1-22(18,19)10(11(17)15-4-5-20-14)12-16-8-3-2-7(13)6-9(8)21-12/h2-3,6,10H,4-5,14H2,1H3,(H,15,17). The molecule has 0 aliphatic carbocycles. The molecule has 1 amide bonds. The second-order valence-corrected chi connectivity index (χ2v) is 9.39. The molecule has 22 heavy (non-hydrogen) atoms. The van der Waals surface area contributed by atoms with Crippen molar-refractivity contribution in [3.63, 3.8) is 0 Å². The van der Waals surface area contributed by atoms with Crippen LogP contribution < -0.4 is 10.5 Å². The number of rotatable bonds is 6. The van der Waals surface area contributed by atoms with Gasteiger partial charge in [-0.3, -0.25) is 9.93 Å². The maximum atomic E-state index is 12.2. The summed E-state index contributed by atoms with van der Waals surface area (Å²) in [5.41, 5.74) is 0.669. The van der Waals surface area contributed by atoms with Crippen molar-refractivity contribution in [2.75, 3.05) is 18.6 Å². The molecule has 1 aromatic heterocycles. The Hall–Kier alpha value is -0.680. The number of hydrogen-bond acceptors (Lipinski definition) is 7. The molecule has 0 saturated heterocycles. The molecule has 0 aliphatic heterocycles. The van der Waals surface area contributed by atoms with Crippen molar-refractivity contribution in [2.45, 2.75) is 5.25 Å². The van der Waals surface area contributed by atoms with Gasteiger partial charge in [0.2, 0.25) is 5.91 Å². The zero-order chi connectivity index (χ0) is 16.3. The number of halogens is 1. The normalized spacial score (nSPS) is 13.2. The molecule has 0 bridgehead atoms. The molecule has 1 unspecified atom stereocenters. The third-order valence-electron chi connectivity index (χ3n) is 2.78. The number of aromatic nitrogens is 1. The number of nitrogens with zero attached hydrogens (tertiary/aromatic N) is 1. The van der Waals surface area contributed by atoms with Gasteiger partial charge in [-0.2, -0.15) is 0 Å². The van der Waals surface area contributed by atoms with Crippen LogP contribution in [0, 0.1) is 0 Å². The smallest absolute Gasteiger partial charge is 0.245 e. The van der Waals surface area contributed by atoms with E-state index in [2.05, 4.69) is 26.2 Å². The number of carbonyl (C=O) groups is 1. The largest absolute Gasteiger partial charge is 0.354 e. The number of fused-ring (bicyclic) bond motifs is 1. The van der Waals surface area contributed by atoms with Crippen molar-refractivity contribution in [3.8, 4) is 0 Å². The second-order valence-electron chi connectivity index (χ2n) is 4.54. The lowest BCUT2D eigenvalue weighted by Gasteiger charge is -2.12. The summed E-state index contributed by atoms with van der Waals surface area (Å²) in [7, 11) is -3.63. The predicted molar refractivity (Wildman–Crippen MR) is 94.6 cm³/mol. The number of sulfone groups is 1. The van der Waals surface area contributed by atoms with E-state index in [0.717, 1.165) is 27.4 Å². The van der Waals surface area contributed by atoms with Crippen LogP contribution >= 0.6 is 39.2 Å². The van der Waals surface area contributed by atoms with Crippen molar-refractivity contribution < 1.29 is 13.2 Å². The average Bonchev–Trinajstić information content (AvgIpc) is 2.79. The minimum atomic E-state index is -3.63. The Morgan fingerprint density at radius 3 is 2.91 bits per heavy atom. The van der Waals surface area contributed by atoms with E-state index in [4.69, 9.17) is 5.14 Å². The number of nitrogens with one attached hydrogen (secondary N) is 1. The lowest BCUT2D eigenvalue weighted by molar-refractivity contribution is -0.120. The van der Waals surface area contributed by atoms with E-state index in [9.17, 15) is 13.2 Å². The van der Waals surface area contributed by atoms with Crippen molar-refractivity contribution in [2.24, 2.45) is 5.14 Å². The molecule has 3 N–H and O–H groups in total. The van der Waals surface area contributed by atoms with Gasteiger partial charge in [0.05, 0.1) is 10.2 Å². The first-order valence-electron chi connectivity index (χ1n) is 6.17. The van der Waals surface area contributed by atoms with Gasteiger partial charge in [-0.15, -0.1) is 11.3 Å².